The van der Waals surface area contributed by atoms with Gasteiger partial charge >= 0.3 is 18.3 Å². The highest BCUT2D eigenvalue weighted by molar-refractivity contribution is 7.98. The number of hydrogen-bond acceptors (Lipinski definition) is 7. The van der Waals surface area contributed by atoms with E-state index >= 15 is 0 Å². The Morgan fingerprint density at radius 1 is 0.980 bits per heavy atom. The number of alkyl halides is 6. The number of ether oxygens (including phenoxy) is 1. The number of rotatable bonds is 15. The van der Waals surface area contributed by atoms with E-state index in [1.54, 1.807) is 23.6 Å². The van der Waals surface area contributed by atoms with Gasteiger partial charge in [0.1, 0.15) is 0 Å². The first kappa shape index (κ1) is 39.1. The molecule has 7 nitrogen and oxygen atoms in total. The average molecular weight is 727 g/mol. The Morgan fingerprint density at radius 2 is 1.58 bits per heavy atom. The van der Waals surface area contributed by atoms with Crippen molar-refractivity contribution in [2.45, 2.75) is 77.8 Å². The number of aryl methyl sites for hydroxylation is 1. The van der Waals surface area contributed by atoms with Crippen molar-refractivity contribution in [2.24, 2.45) is 11.8 Å². The zero-order valence-corrected chi connectivity index (χ0v) is 29.5. The summed E-state index contributed by atoms with van der Waals surface area (Å²) < 4.78 is 89.0. The van der Waals surface area contributed by atoms with Crippen molar-refractivity contribution >= 4 is 29.4 Å². The molecule has 0 amide bonds. The fraction of sp³-hybridized carbons (Fsp3) is 0.528. The maximum absolute atomic E-state index is 13.9. The molecule has 1 aliphatic rings. The lowest BCUT2D eigenvalue weighted by molar-refractivity contribution is -0.143. The van der Waals surface area contributed by atoms with Gasteiger partial charge in [0.05, 0.1) is 36.2 Å². The summed E-state index contributed by atoms with van der Waals surface area (Å²) in [5, 5.41) is 9.21. The van der Waals surface area contributed by atoms with Crippen LogP contribution in [0.25, 0.3) is 0 Å². The van der Waals surface area contributed by atoms with Crippen LogP contribution in [0.2, 0.25) is 0 Å². The minimum atomic E-state index is -5.00. The topological polar surface area (TPSA) is 78.8 Å². The first-order valence-corrected chi connectivity index (χ1v) is 18.0. The third kappa shape index (κ3) is 10.7. The van der Waals surface area contributed by atoms with Gasteiger partial charge in [0.25, 0.3) is 0 Å². The lowest BCUT2D eigenvalue weighted by Gasteiger charge is -2.36. The van der Waals surface area contributed by atoms with Gasteiger partial charge in [0.2, 0.25) is 5.95 Å². The van der Waals surface area contributed by atoms with Crippen molar-refractivity contribution in [3.05, 3.63) is 76.6 Å². The number of carbonyl (C=O) groups is 1. The molecule has 1 saturated carbocycles. The average Bonchev–Trinajstić information content (AvgIpc) is 3.06. The molecule has 1 unspecified atom stereocenters. The quantitative estimate of drug-likeness (QED) is 0.123. The maximum Gasteiger partial charge on any atom is 0.416 e. The van der Waals surface area contributed by atoms with Gasteiger partial charge in [-0.2, -0.15) is 38.1 Å². The molecule has 0 bridgehead atoms. The maximum atomic E-state index is 13.9. The molecule has 3 aromatic rings. The Balaban J connectivity index is 1.72. The van der Waals surface area contributed by atoms with E-state index in [-0.39, 0.29) is 36.5 Å². The number of benzene rings is 2. The van der Waals surface area contributed by atoms with Gasteiger partial charge < -0.3 is 19.6 Å². The molecule has 0 aliphatic heterocycles. The van der Waals surface area contributed by atoms with Gasteiger partial charge in [-0.05, 0) is 99.9 Å². The Bertz CT molecular complexity index is 1530. The Morgan fingerprint density at radius 3 is 2.12 bits per heavy atom. The molecule has 1 fully saturated rings. The third-order valence-corrected chi connectivity index (χ3v) is 9.77. The third-order valence-electron chi connectivity index (χ3n) is 9.19. The number of thioether (sulfide) groups is 1. The normalized spacial score (nSPS) is 17.3. The summed E-state index contributed by atoms with van der Waals surface area (Å²) in [5.74, 6) is 0.967. The monoisotopic (exact) mass is 726 g/mol. The molecule has 1 N–H and O–H groups in total. The highest BCUT2D eigenvalue weighted by Crippen LogP contribution is 2.40. The molecule has 0 saturated heterocycles. The van der Waals surface area contributed by atoms with Gasteiger partial charge in [-0.25, -0.2) is 9.97 Å². The van der Waals surface area contributed by atoms with E-state index in [1.165, 1.54) is 12.4 Å². The Labute approximate surface area is 293 Å². The van der Waals surface area contributed by atoms with Crippen LogP contribution in [0.15, 0.2) is 48.8 Å². The van der Waals surface area contributed by atoms with E-state index in [1.807, 2.05) is 38.3 Å². The van der Waals surface area contributed by atoms with Crippen molar-refractivity contribution in [3.63, 3.8) is 0 Å². The molecule has 4 rings (SSSR count). The zero-order chi connectivity index (χ0) is 36.6. The predicted molar refractivity (Wildman–Crippen MR) is 184 cm³/mol. The predicted octanol–water partition coefficient (Wildman–Crippen LogP) is 9.44. The largest absolute Gasteiger partial charge is 0.489 e. The Hall–Kier alpha value is -3.68. The second-order valence-electron chi connectivity index (χ2n) is 12.9. The minimum Gasteiger partial charge on any atom is -0.489 e. The number of carboxylic acids is 1. The first-order valence-electron chi connectivity index (χ1n) is 16.6. The first-order chi connectivity index (χ1) is 23.6. The summed E-state index contributed by atoms with van der Waals surface area (Å²) in [6.07, 6.45) is -1.51. The number of aromatic nitrogens is 2. The summed E-state index contributed by atoms with van der Waals surface area (Å²) in [7, 11) is 0. The number of hydrogen-bond donors (Lipinski definition) is 1. The molecule has 1 atom stereocenters. The molecule has 0 spiro atoms. The highest BCUT2D eigenvalue weighted by atomic mass is 32.2. The molecule has 1 heterocycles. The highest BCUT2D eigenvalue weighted by Gasteiger charge is 2.38. The Kier molecular flexibility index (Phi) is 13.3. The smallest absolute Gasteiger partial charge is 0.416 e. The van der Waals surface area contributed by atoms with Crippen molar-refractivity contribution in [1.29, 1.82) is 0 Å². The van der Waals surface area contributed by atoms with E-state index < -0.39 is 35.5 Å². The van der Waals surface area contributed by atoms with Crippen molar-refractivity contribution in [3.8, 4) is 5.75 Å². The fourth-order valence-corrected chi connectivity index (χ4v) is 6.71. The lowest BCUT2D eigenvalue weighted by atomic mass is 9.80. The molecule has 2 aromatic carbocycles. The summed E-state index contributed by atoms with van der Waals surface area (Å²) in [6, 6.07) is 6.56. The van der Waals surface area contributed by atoms with E-state index in [4.69, 9.17) is 4.74 Å². The molecular weight excluding hydrogens is 682 g/mol. The van der Waals surface area contributed by atoms with Crippen LogP contribution in [-0.2, 0) is 23.7 Å². The SMILES string of the molecule is CCN(C[C@H]1CC[C@H](CC(=O)O)CC1)c1ccc(C)cc1CN(c1ncc(OCCSC)cn1)C(C)c1cc(C(F)(F)F)cc(C(F)(F)F)c1. The molecule has 50 heavy (non-hydrogen) atoms. The van der Waals surface area contributed by atoms with E-state index in [2.05, 4.69) is 14.9 Å². The van der Waals surface area contributed by atoms with Crippen LogP contribution in [0.5, 0.6) is 5.75 Å². The zero-order valence-electron chi connectivity index (χ0n) is 28.7. The van der Waals surface area contributed by atoms with E-state index in [9.17, 15) is 36.2 Å². The van der Waals surface area contributed by atoms with Crippen molar-refractivity contribution < 1.29 is 41.0 Å². The van der Waals surface area contributed by atoms with Crippen molar-refractivity contribution in [2.75, 3.05) is 41.5 Å². The number of carboxylic acid groups (broad SMARTS) is 1. The minimum absolute atomic E-state index is 0.0876. The number of halogens is 6. The van der Waals surface area contributed by atoms with Crippen LogP contribution >= 0.6 is 11.8 Å². The number of nitrogens with zero attached hydrogens (tertiary/aromatic N) is 4. The molecule has 14 heteroatoms. The van der Waals surface area contributed by atoms with Gasteiger partial charge in [-0.1, -0.05) is 17.7 Å². The molecule has 274 valence electrons. The van der Waals surface area contributed by atoms with Gasteiger partial charge in [0, 0.05) is 37.5 Å². The summed E-state index contributed by atoms with van der Waals surface area (Å²) >= 11 is 1.60. The van der Waals surface area contributed by atoms with E-state index in [0.717, 1.165) is 66.9 Å². The summed E-state index contributed by atoms with van der Waals surface area (Å²) in [4.78, 5) is 24.0. The summed E-state index contributed by atoms with van der Waals surface area (Å²) in [6.45, 7) is 7.37. The van der Waals surface area contributed by atoms with Crippen LogP contribution < -0.4 is 14.5 Å². The molecule has 0 radical (unpaired) electrons. The fourth-order valence-electron chi connectivity index (χ4n) is 6.46. The number of anilines is 2. The van der Waals surface area contributed by atoms with E-state index in [0.29, 0.717) is 24.8 Å². The van der Waals surface area contributed by atoms with Crippen LogP contribution in [0.4, 0.5) is 38.0 Å². The number of aliphatic carboxylic acids is 1. The van der Waals surface area contributed by atoms with Gasteiger partial charge in [-0.15, -0.1) is 0 Å². The second kappa shape index (κ2) is 17.0. The van der Waals surface area contributed by atoms with Gasteiger partial charge in [-0.3, -0.25) is 4.79 Å². The summed E-state index contributed by atoms with van der Waals surface area (Å²) in [5.41, 5.74) is -0.336. The van der Waals surface area contributed by atoms with Crippen molar-refractivity contribution in [1.82, 2.24) is 9.97 Å². The van der Waals surface area contributed by atoms with Crippen LogP contribution in [0, 0.1) is 18.8 Å². The van der Waals surface area contributed by atoms with Crippen LogP contribution in [0.3, 0.4) is 0 Å². The molecule has 1 aromatic heterocycles. The second-order valence-corrected chi connectivity index (χ2v) is 13.8. The standard InChI is InChI=1S/C36H44F6N4O3S/c1-5-45(21-26-9-7-25(8-10-26)15-33(47)48)32-11-6-23(2)14-28(32)22-46(34-43-19-31(20-44-34)49-12-13-50-4)24(3)27-16-29(35(37,38)39)18-30(17-27)36(40,41)42/h6,11,14,16-20,24-26H,5,7-10,12-13,15,21-22H2,1-4H3,(H,47,48)/t24?,25-,26-. The van der Waals surface area contributed by atoms with Gasteiger partial charge in [0.15, 0.2) is 5.75 Å². The molecular formula is C36H44F6N4O3S. The van der Waals surface area contributed by atoms with Crippen LogP contribution in [-0.4, -0.2) is 52.7 Å². The molecule has 1 aliphatic carbocycles. The lowest BCUT2D eigenvalue weighted by Crippen LogP contribution is -2.34. The van der Waals surface area contributed by atoms with Crippen LogP contribution in [0.1, 0.15) is 79.8 Å².